The van der Waals surface area contributed by atoms with Crippen LogP contribution in [0.1, 0.15) is 48.9 Å². The first-order valence-electron chi connectivity index (χ1n) is 10.6. The van der Waals surface area contributed by atoms with E-state index in [0.29, 0.717) is 35.3 Å². The number of pyridine rings is 2. The number of Topliss-reactive ketones (excluding diaryl/α,β-unsaturated/α-hetero) is 1. The number of hydrogen-bond acceptors (Lipinski definition) is 7. The number of aromatic nitrogens is 2. The van der Waals surface area contributed by atoms with Crippen molar-refractivity contribution in [3.8, 4) is 17.1 Å². The highest BCUT2D eigenvalue weighted by Crippen LogP contribution is 2.39. The van der Waals surface area contributed by atoms with Crippen molar-refractivity contribution in [2.75, 3.05) is 0 Å². The largest absolute Gasteiger partial charge is 0.508 e. The molecule has 0 aliphatic carbocycles. The van der Waals surface area contributed by atoms with Gasteiger partial charge in [0.05, 0.1) is 29.0 Å². The fourth-order valence-corrected chi connectivity index (χ4v) is 4.66. The van der Waals surface area contributed by atoms with E-state index in [9.17, 15) is 24.6 Å². The number of benzene rings is 1. The van der Waals surface area contributed by atoms with Crippen molar-refractivity contribution in [2.24, 2.45) is 0 Å². The van der Waals surface area contributed by atoms with Gasteiger partial charge < -0.3 is 24.3 Å². The fourth-order valence-electron chi connectivity index (χ4n) is 4.66. The molecule has 2 aliphatic heterocycles. The van der Waals surface area contributed by atoms with E-state index < -0.39 is 11.6 Å². The number of phenols is 1. The molecule has 8 nitrogen and oxygen atoms in total. The molecule has 2 aromatic heterocycles. The molecule has 3 aromatic rings. The Morgan fingerprint density at radius 3 is 2.78 bits per heavy atom. The van der Waals surface area contributed by atoms with Gasteiger partial charge in [0.1, 0.15) is 18.1 Å². The number of ether oxygens (including phenoxy) is 1. The number of nitrogens with zero attached hydrogens (tertiary/aromatic N) is 2. The molecule has 0 bridgehead atoms. The summed E-state index contributed by atoms with van der Waals surface area (Å²) in [5, 5.41) is 22.1. The number of fused-ring (bicyclic) bond motifs is 5. The summed E-state index contributed by atoms with van der Waals surface area (Å²) in [5.74, 6) is -0.625. The normalized spacial score (nSPS) is 18.8. The second-order valence-corrected chi connectivity index (χ2v) is 8.43. The number of ketones is 1. The molecule has 1 unspecified atom stereocenters. The molecule has 0 saturated carbocycles. The Morgan fingerprint density at radius 2 is 2.06 bits per heavy atom. The van der Waals surface area contributed by atoms with Crippen LogP contribution in [-0.2, 0) is 39.5 Å². The first-order chi connectivity index (χ1) is 15.2. The minimum absolute atomic E-state index is 0.0280. The van der Waals surface area contributed by atoms with Crippen LogP contribution in [0.2, 0.25) is 0 Å². The Kier molecular flexibility index (Phi) is 4.46. The monoisotopic (exact) mass is 434 g/mol. The molecule has 1 aromatic carbocycles. The lowest BCUT2D eigenvalue weighted by Crippen LogP contribution is -2.44. The van der Waals surface area contributed by atoms with Crippen LogP contribution in [0.25, 0.3) is 22.3 Å². The topological polar surface area (TPSA) is 119 Å². The van der Waals surface area contributed by atoms with E-state index in [1.54, 1.807) is 29.7 Å². The van der Waals surface area contributed by atoms with Gasteiger partial charge in [0, 0.05) is 28.5 Å². The molecular formula is C24H22N2O6. The lowest BCUT2D eigenvalue weighted by Gasteiger charge is -2.31. The van der Waals surface area contributed by atoms with Crippen molar-refractivity contribution in [1.82, 2.24) is 9.55 Å². The van der Waals surface area contributed by atoms with Gasteiger partial charge in [0.2, 0.25) is 0 Å². The molecule has 164 valence electrons. The molecule has 2 N–H and O–H groups in total. The molecule has 32 heavy (non-hydrogen) atoms. The Labute approximate surface area is 183 Å². The molecule has 8 heteroatoms. The third-order valence-corrected chi connectivity index (χ3v) is 6.51. The highest BCUT2D eigenvalue weighted by Gasteiger charge is 2.45. The van der Waals surface area contributed by atoms with Crippen molar-refractivity contribution < 1.29 is 24.5 Å². The highest BCUT2D eigenvalue weighted by molar-refractivity contribution is 5.89. The Balaban J connectivity index is 1.71. The predicted molar refractivity (Wildman–Crippen MR) is 115 cm³/mol. The van der Waals surface area contributed by atoms with E-state index in [0.717, 1.165) is 10.9 Å². The van der Waals surface area contributed by atoms with E-state index in [4.69, 9.17) is 9.72 Å². The zero-order chi connectivity index (χ0) is 22.8. The van der Waals surface area contributed by atoms with Crippen LogP contribution in [0.3, 0.4) is 0 Å². The van der Waals surface area contributed by atoms with E-state index in [2.05, 4.69) is 0 Å². The average Bonchev–Trinajstić information content (AvgIpc) is 3.12. The third-order valence-electron chi connectivity index (χ3n) is 6.51. The summed E-state index contributed by atoms with van der Waals surface area (Å²) >= 11 is 0. The SMILES string of the molecule is CCC1(O)C(=O)OCc2c1cc1n(c2=O)Cc2cc3c(CCC(C)=O)c(O)ccc3nc2-1. The van der Waals surface area contributed by atoms with Crippen molar-refractivity contribution in [2.45, 2.75) is 51.9 Å². The summed E-state index contributed by atoms with van der Waals surface area (Å²) in [5.41, 5.74) is 1.55. The van der Waals surface area contributed by atoms with Gasteiger partial charge in [-0.15, -0.1) is 0 Å². The van der Waals surface area contributed by atoms with Gasteiger partial charge in [-0.2, -0.15) is 0 Å². The Hall–Kier alpha value is -3.52. The van der Waals surface area contributed by atoms with E-state index in [-0.39, 0.29) is 47.8 Å². The zero-order valence-corrected chi connectivity index (χ0v) is 17.8. The quantitative estimate of drug-likeness (QED) is 0.473. The summed E-state index contributed by atoms with van der Waals surface area (Å²) in [6, 6.07) is 6.81. The van der Waals surface area contributed by atoms with E-state index >= 15 is 0 Å². The van der Waals surface area contributed by atoms with Gasteiger partial charge in [-0.1, -0.05) is 6.92 Å². The second-order valence-electron chi connectivity index (χ2n) is 8.43. The smallest absolute Gasteiger partial charge is 0.343 e. The first-order valence-corrected chi connectivity index (χ1v) is 10.6. The maximum atomic E-state index is 13.2. The number of aliphatic hydroxyl groups is 1. The number of cyclic esters (lactones) is 1. The van der Waals surface area contributed by atoms with Crippen LogP contribution in [0.4, 0.5) is 0 Å². The van der Waals surface area contributed by atoms with E-state index in [1.807, 2.05) is 6.07 Å². The molecule has 2 aliphatic rings. The highest BCUT2D eigenvalue weighted by atomic mass is 16.6. The number of phenolic OH excluding ortho intramolecular Hbond substituents is 1. The van der Waals surface area contributed by atoms with Crippen LogP contribution < -0.4 is 5.56 Å². The maximum absolute atomic E-state index is 13.2. The van der Waals surface area contributed by atoms with Crippen molar-refractivity contribution >= 4 is 22.7 Å². The molecule has 0 spiro atoms. The molecule has 1 atom stereocenters. The van der Waals surface area contributed by atoms with Gasteiger partial charge >= 0.3 is 5.97 Å². The van der Waals surface area contributed by atoms with E-state index in [1.165, 1.54) is 6.92 Å². The standard InChI is InChI=1S/C24H22N2O6/c1-3-24(31)17-9-19-21-13(10-26(19)22(29)16(17)11-32-23(24)30)8-15-14(5-4-12(2)27)20(28)7-6-18(15)25-21/h6-9,28,31H,3-5,10-11H2,1-2H3. The van der Waals surface area contributed by atoms with Crippen LogP contribution >= 0.6 is 0 Å². The summed E-state index contributed by atoms with van der Waals surface area (Å²) in [7, 11) is 0. The Morgan fingerprint density at radius 1 is 1.28 bits per heavy atom. The number of esters is 1. The van der Waals surface area contributed by atoms with Gasteiger partial charge in [-0.25, -0.2) is 9.78 Å². The minimum atomic E-state index is -1.87. The summed E-state index contributed by atoms with van der Waals surface area (Å²) in [4.78, 5) is 41.7. The van der Waals surface area contributed by atoms with Gasteiger partial charge in [0.25, 0.3) is 5.56 Å². The summed E-state index contributed by atoms with van der Waals surface area (Å²) in [6.45, 7) is 3.27. The maximum Gasteiger partial charge on any atom is 0.343 e. The van der Waals surface area contributed by atoms with Gasteiger partial charge in [-0.05, 0) is 44.0 Å². The summed E-state index contributed by atoms with van der Waals surface area (Å²) in [6.07, 6.45) is 0.779. The number of carbonyl (C=O) groups is 2. The molecule has 0 fully saturated rings. The van der Waals surface area contributed by atoms with Crippen LogP contribution in [-0.4, -0.2) is 31.5 Å². The molecule has 0 amide bonds. The lowest BCUT2D eigenvalue weighted by atomic mass is 9.86. The second kappa shape index (κ2) is 7.00. The minimum Gasteiger partial charge on any atom is -0.508 e. The van der Waals surface area contributed by atoms with Crippen LogP contribution in [0.15, 0.2) is 29.1 Å². The lowest BCUT2D eigenvalue weighted by molar-refractivity contribution is -0.172. The average molecular weight is 434 g/mol. The molecule has 0 radical (unpaired) electrons. The molecule has 0 saturated heterocycles. The van der Waals surface area contributed by atoms with Crippen molar-refractivity contribution in [3.63, 3.8) is 0 Å². The van der Waals surface area contributed by atoms with Crippen LogP contribution in [0.5, 0.6) is 5.75 Å². The third kappa shape index (κ3) is 2.79. The molecule has 4 heterocycles. The molecular weight excluding hydrogens is 412 g/mol. The van der Waals surface area contributed by atoms with Gasteiger partial charge in [-0.3, -0.25) is 4.79 Å². The number of hydrogen-bond donors (Lipinski definition) is 2. The molecule has 5 rings (SSSR count). The predicted octanol–water partition coefficient (Wildman–Crippen LogP) is 2.31. The van der Waals surface area contributed by atoms with Gasteiger partial charge in [0.15, 0.2) is 5.60 Å². The number of rotatable bonds is 4. The first kappa shape index (κ1) is 20.4. The van der Waals surface area contributed by atoms with Crippen molar-refractivity contribution in [3.05, 3.63) is 56.9 Å². The Bertz CT molecular complexity index is 1390. The van der Waals surface area contributed by atoms with Crippen molar-refractivity contribution in [1.29, 1.82) is 0 Å². The zero-order valence-electron chi connectivity index (χ0n) is 17.8. The number of aryl methyl sites for hydroxylation is 1. The fraction of sp³-hybridized carbons (Fsp3) is 0.333. The van der Waals surface area contributed by atoms with Crippen LogP contribution in [0, 0.1) is 0 Å². The number of aromatic hydroxyl groups is 1. The number of carbonyl (C=O) groups excluding carboxylic acids is 2. The summed E-state index contributed by atoms with van der Waals surface area (Å²) < 4.78 is 6.66.